The molecule has 1 amide bonds. The van der Waals surface area contributed by atoms with E-state index < -0.39 is 18.3 Å². The van der Waals surface area contributed by atoms with Crippen LogP contribution in [-0.4, -0.2) is 26.9 Å². The van der Waals surface area contributed by atoms with Crippen LogP contribution in [0, 0.1) is 0 Å². The topological polar surface area (TPSA) is 68.5 Å². The summed E-state index contributed by atoms with van der Waals surface area (Å²) in [5, 5.41) is 10.8. The number of hydrogen-bond acceptors (Lipinski definition) is 4. The van der Waals surface area contributed by atoms with E-state index >= 15 is 0 Å². The van der Waals surface area contributed by atoms with E-state index in [0.29, 0.717) is 11.5 Å². The highest BCUT2D eigenvalue weighted by molar-refractivity contribution is 5.94. The minimum absolute atomic E-state index is 0.204. The number of fused-ring (bicyclic) bond motifs is 1. The lowest BCUT2D eigenvalue weighted by Gasteiger charge is -2.13. The molecule has 0 radical (unpaired) electrons. The van der Waals surface area contributed by atoms with Crippen molar-refractivity contribution in [1.29, 1.82) is 0 Å². The third-order valence-electron chi connectivity index (χ3n) is 3.43. The first-order valence-corrected chi connectivity index (χ1v) is 7.30. The number of carbonyl (C=O) groups is 1. The molecule has 1 atom stereocenters. The quantitative estimate of drug-likeness (QED) is 0.785. The molecule has 1 aromatic carbocycles. The van der Waals surface area contributed by atoms with E-state index in [9.17, 15) is 18.0 Å². The molecule has 3 rings (SSSR count). The van der Waals surface area contributed by atoms with Crippen molar-refractivity contribution < 1.29 is 22.7 Å². The summed E-state index contributed by atoms with van der Waals surface area (Å²) in [5.41, 5.74) is 0.849. The first-order valence-electron chi connectivity index (χ1n) is 7.30. The Hall–Kier alpha value is -3.10. The van der Waals surface area contributed by atoms with Gasteiger partial charge in [-0.2, -0.15) is 0 Å². The van der Waals surface area contributed by atoms with Gasteiger partial charge in [0.25, 0.3) is 5.91 Å². The summed E-state index contributed by atoms with van der Waals surface area (Å²) in [6, 6.07) is 9.64. The molecular formula is C16H13F3N4O2. The third kappa shape index (κ3) is 3.87. The molecule has 0 bridgehead atoms. The number of rotatable bonds is 4. The lowest BCUT2D eigenvalue weighted by Crippen LogP contribution is -2.28. The molecule has 0 saturated carbocycles. The van der Waals surface area contributed by atoms with Gasteiger partial charge in [0.1, 0.15) is 5.75 Å². The van der Waals surface area contributed by atoms with Crippen molar-refractivity contribution in [2.45, 2.75) is 19.3 Å². The second-order valence-corrected chi connectivity index (χ2v) is 5.25. The highest BCUT2D eigenvalue weighted by Crippen LogP contribution is 2.23. The summed E-state index contributed by atoms with van der Waals surface area (Å²) in [6.45, 7) is 1.74. The Morgan fingerprint density at radius 2 is 1.88 bits per heavy atom. The first kappa shape index (κ1) is 16.7. The van der Waals surface area contributed by atoms with Crippen LogP contribution in [0.5, 0.6) is 5.75 Å². The Balaban J connectivity index is 1.71. The molecular weight excluding hydrogens is 337 g/mol. The number of amides is 1. The molecule has 0 saturated heterocycles. The number of halogens is 3. The number of hydrogen-bond donors (Lipinski definition) is 1. The predicted octanol–water partition coefficient (Wildman–Crippen LogP) is 3.12. The summed E-state index contributed by atoms with van der Waals surface area (Å²) >= 11 is 0. The Morgan fingerprint density at radius 1 is 1.16 bits per heavy atom. The van der Waals surface area contributed by atoms with Gasteiger partial charge in [0, 0.05) is 11.8 Å². The van der Waals surface area contributed by atoms with Crippen LogP contribution in [0.15, 0.2) is 48.7 Å². The van der Waals surface area contributed by atoms with Crippen LogP contribution in [0.25, 0.3) is 5.65 Å². The molecule has 6 nitrogen and oxygen atoms in total. The standard InChI is InChI=1S/C16H13F3N4O2/c1-10(14-22-21-13-4-2-3-9-23(13)14)20-15(24)11-5-7-12(8-6-11)25-16(17,18)19/h2-10H,1H3,(H,20,24). The van der Waals surface area contributed by atoms with E-state index in [4.69, 9.17) is 0 Å². The molecule has 1 N–H and O–H groups in total. The molecule has 2 heterocycles. The van der Waals surface area contributed by atoms with Gasteiger partial charge in [-0.3, -0.25) is 9.20 Å². The van der Waals surface area contributed by atoms with E-state index in [-0.39, 0.29) is 11.3 Å². The monoisotopic (exact) mass is 350 g/mol. The minimum Gasteiger partial charge on any atom is -0.406 e. The number of ether oxygens (including phenoxy) is 1. The average molecular weight is 350 g/mol. The van der Waals surface area contributed by atoms with Crippen molar-refractivity contribution in [1.82, 2.24) is 19.9 Å². The zero-order valence-corrected chi connectivity index (χ0v) is 13.0. The smallest absolute Gasteiger partial charge is 0.406 e. The first-order chi connectivity index (χ1) is 11.8. The Kier molecular flexibility index (Phi) is 4.30. The third-order valence-corrected chi connectivity index (χ3v) is 3.43. The maximum atomic E-state index is 12.3. The Labute approximate surface area is 140 Å². The zero-order chi connectivity index (χ0) is 18.0. The fraction of sp³-hybridized carbons (Fsp3) is 0.188. The minimum atomic E-state index is -4.77. The van der Waals surface area contributed by atoms with Gasteiger partial charge in [-0.1, -0.05) is 6.07 Å². The van der Waals surface area contributed by atoms with Crippen molar-refractivity contribution >= 4 is 11.6 Å². The van der Waals surface area contributed by atoms with Crippen LogP contribution in [0.2, 0.25) is 0 Å². The number of alkyl halides is 3. The average Bonchev–Trinajstić information content (AvgIpc) is 2.98. The van der Waals surface area contributed by atoms with Crippen LogP contribution in [-0.2, 0) is 0 Å². The van der Waals surface area contributed by atoms with E-state index in [1.54, 1.807) is 23.6 Å². The van der Waals surface area contributed by atoms with Crippen LogP contribution in [0.4, 0.5) is 13.2 Å². The van der Waals surface area contributed by atoms with Gasteiger partial charge in [-0.05, 0) is 43.3 Å². The van der Waals surface area contributed by atoms with Gasteiger partial charge >= 0.3 is 6.36 Å². The molecule has 0 fully saturated rings. The molecule has 0 aliphatic carbocycles. The molecule has 0 aliphatic heterocycles. The molecule has 2 aromatic heterocycles. The largest absolute Gasteiger partial charge is 0.573 e. The van der Waals surface area contributed by atoms with Gasteiger partial charge in [0.05, 0.1) is 6.04 Å². The molecule has 0 aliphatic rings. The molecule has 25 heavy (non-hydrogen) atoms. The Bertz CT molecular complexity index is 890. The SMILES string of the molecule is CC(NC(=O)c1ccc(OC(F)(F)F)cc1)c1nnc2ccccn12. The van der Waals surface area contributed by atoms with Crippen LogP contribution in [0.1, 0.15) is 29.1 Å². The molecule has 3 aromatic rings. The number of nitrogens with zero attached hydrogens (tertiary/aromatic N) is 3. The van der Waals surface area contributed by atoms with Crippen molar-refractivity contribution in [2.24, 2.45) is 0 Å². The summed E-state index contributed by atoms with van der Waals surface area (Å²) in [5.74, 6) is -0.291. The lowest BCUT2D eigenvalue weighted by molar-refractivity contribution is -0.274. The maximum Gasteiger partial charge on any atom is 0.573 e. The summed E-state index contributed by atoms with van der Waals surface area (Å²) < 4.78 is 41.9. The van der Waals surface area contributed by atoms with Gasteiger partial charge < -0.3 is 10.1 Å². The van der Waals surface area contributed by atoms with Crippen LogP contribution < -0.4 is 10.1 Å². The second kappa shape index (κ2) is 6.42. The van der Waals surface area contributed by atoms with Crippen molar-refractivity contribution in [3.63, 3.8) is 0 Å². The van der Waals surface area contributed by atoms with Gasteiger partial charge in [-0.25, -0.2) is 0 Å². The highest BCUT2D eigenvalue weighted by Gasteiger charge is 2.31. The van der Waals surface area contributed by atoms with E-state index in [2.05, 4.69) is 20.3 Å². The fourth-order valence-electron chi connectivity index (χ4n) is 2.31. The molecule has 9 heteroatoms. The molecule has 1 unspecified atom stereocenters. The second-order valence-electron chi connectivity index (χ2n) is 5.25. The molecule has 0 spiro atoms. The fourth-order valence-corrected chi connectivity index (χ4v) is 2.31. The lowest BCUT2D eigenvalue weighted by atomic mass is 10.2. The van der Waals surface area contributed by atoms with Gasteiger partial charge in [0.15, 0.2) is 11.5 Å². The van der Waals surface area contributed by atoms with E-state index in [0.717, 1.165) is 12.1 Å². The van der Waals surface area contributed by atoms with Gasteiger partial charge in [0.2, 0.25) is 0 Å². The van der Waals surface area contributed by atoms with Crippen LogP contribution in [0.3, 0.4) is 0 Å². The molecule has 130 valence electrons. The number of carbonyl (C=O) groups excluding carboxylic acids is 1. The zero-order valence-electron chi connectivity index (χ0n) is 13.0. The van der Waals surface area contributed by atoms with Gasteiger partial charge in [-0.15, -0.1) is 23.4 Å². The van der Waals surface area contributed by atoms with E-state index in [1.165, 1.54) is 12.1 Å². The predicted molar refractivity (Wildman–Crippen MR) is 82.0 cm³/mol. The summed E-state index contributed by atoms with van der Waals surface area (Å²) in [4.78, 5) is 12.3. The van der Waals surface area contributed by atoms with Crippen molar-refractivity contribution in [3.8, 4) is 5.75 Å². The number of aromatic nitrogens is 3. The van der Waals surface area contributed by atoms with E-state index in [1.807, 2.05) is 12.1 Å². The maximum absolute atomic E-state index is 12.3. The normalized spacial score (nSPS) is 12.8. The summed E-state index contributed by atoms with van der Waals surface area (Å²) in [7, 11) is 0. The highest BCUT2D eigenvalue weighted by atomic mass is 19.4. The number of nitrogens with one attached hydrogen (secondary N) is 1. The Morgan fingerprint density at radius 3 is 2.56 bits per heavy atom. The van der Waals surface area contributed by atoms with Crippen molar-refractivity contribution in [2.75, 3.05) is 0 Å². The number of pyridine rings is 1. The van der Waals surface area contributed by atoms with Crippen LogP contribution >= 0.6 is 0 Å². The van der Waals surface area contributed by atoms with Crippen molar-refractivity contribution in [3.05, 3.63) is 60.0 Å². The summed E-state index contributed by atoms with van der Waals surface area (Å²) in [6.07, 6.45) is -3.00. The number of benzene rings is 1.